The predicted molar refractivity (Wildman–Crippen MR) is 341 cm³/mol. The van der Waals surface area contributed by atoms with Crippen molar-refractivity contribution in [3.05, 3.63) is 174 Å². The number of hydrogen-bond acceptors (Lipinski definition) is 10. The number of allylic oxidation sites excluding steroid dienone is 2. The Kier molecular flexibility index (Phi) is 23.8. The Morgan fingerprint density at radius 3 is 1.83 bits per heavy atom. The quantitative estimate of drug-likeness (QED) is 0.0125. The highest BCUT2D eigenvalue weighted by Crippen LogP contribution is 2.45. The normalized spacial score (nSPS) is 22.1. The van der Waals surface area contributed by atoms with E-state index in [1.165, 1.54) is 21.5 Å². The van der Waals surface area contributed by atoms with Crippen LogP contribution in [-0.4, -0.2) is 92.4 Å². The smallest absolute Gasteiger partial charge is 0.334 e. The molecule has 0 bridgehead atoms. The minimum Gasteiger partial charge on any atom is -0.497 e. The highest BCUT2D eigenvalue weighted by molar-refractivity contribution is 6.99. The minimum absolute atomic E-state index is 0.0452. The number of hydrogen-bond donors (Lipinski definition) is 0. The second-order valence-corrected chi connectivity index (χ2v) is 36.2. The van der Waals surface area contributed by atoms with Crippen LogP contribution in [0.5, 0.6) is 5.75 Å². The van der Waals surface area contributed by atoms with Crippen molar-refractivity contribution >= 4 is 33.0 Å². The van der Waals surface area contributed by atoms with Crippen molar-refractivity contribution in [3.8, 4) is 5.75 Å². The van der Waals surface area contributed by atoms with Gasteiger partial charge in [0, 0.05) is 31.4 Å². The van der Waals surface area contributed by atoms with E-state index in [4.69, 9.17) is 42.0 Å². The van der Waals surface area contributed by atoms with Gasteiger partial charge in [0.1, 0.15) is 12.5 Å². The maximum Gasteiger partial charge on any atom is 0.334 e. The van der Waals surface area contributed by atoms with Gasteiger partial charge < -0.3 is 42.0 Å². The summed E-state index contributed by atoms with van der Waals surface area (Å²) >= 11 is 0. The fourth-order valence-corrected chi connectivity index (χ4v) is 23.3. The Morgan fingerprint density at radius 2 is 1.24 bits per heavy atom. The van der Waals surface area contributed by atoms with E-state index >= 15 is 0 Å². The van der Waals surface area contributed by atoms with E-state index in [9.17, 15) is 4.79 Å². The Hall–Kier alpha value is -4.74. The number of methoxy groups -OCH3 is 1. The molecule has 452 valence electrons. The van der Waals surface area contributed by atoms with E-state index in [2.05, 4.69) is 180 Å². The lowest BCUT2D eigenvalue weighted by Gasteiger charge is -2.44. The van der Waals surface area contributed by atoms with Gasteiger partial charge in [-0.2, -0.15) is 0 Å². The van der Waals surface area contributed by atoms with Crippen molar-refractivity contribution in [2.45, 2.75) is 205 Å². The lowest BCUT2D eigenvalue weighted by Crippen LogP contribution is -2.66. The summed E-state index contributed by atoms with van der Waals surface area (Å²) in [6.45, 7) is 36.0. The molecule has 0 N–H and O–H groups in total. The topological polar surface area (TPSA) is 100 Å². The molecular weight excluding hydrogens is 1070 g/mol. The van der Waals surface area contributed by atoms with Crippen LogP contribution < -0.4 is 15.1 Å². The van der Waals surface area contributed by atoms with Crippen LogP contribution in [0.25, 0.3) is 0 Å². The summed E-state index contributed by atoms with van der Waals surface area (Å²) in [5, 5.41) is 2.39. The molecule has 3 aliphatic rings. The Bertz CT molecular complexity index is 2650. The van der Waals surface area contributed by atoms with Gasteiger partial charge in [0.15, 0.2) is 5.60 Å². The second-order valence-electron chi connectivity index (χ2n) is 26.5. The summed E-state index contributed by atoms with van der Waals surface area (Å²) in [5.74, 6) is 0.508. The molecule has 3 saturated heterocycles. The Balaban J connectivity index is 0.986. The van der Waals surface area contributed by atoms with E-state index in [-0.39, 0.29) is 66.9 Å². The van der Waals surface area contributed by atoms with E-state index in [0.29, 0.717) is 67.7 Å². The highest BCUT2D eigenvalue weighted by Gasteiger charge is 2.52. The van der Waals surface area contributed by atoms with Gasteiger partial charge in [0.2, 0.25) is 8.32 Å². The molecule has 4 aromatic carbocycles. The van der Waals surface area contributed by atoms with Gasteiger partial charge in [-0.15, -0.1) is 0 Å². The summed E-state index contributed by atoms with van der Waals surface area (Å²) < 4.78 is 59.1. The van der Waals surface area contributed by atoms with Crippen LogP contribution in [0.1, 0.15) is 145 Å². The van der Waals surface area contributed by atoms with E-state index < -0.39 is 22.2 Å². The van der Waals surface area contributed by atoms with Gasteiger partial charge in [0.05, 0.1) is 64.1 Å². The van der Waals surface area contributed by atoms with Crippen molar-refractivity contribution in [2.75, 3.05) is 33.7 Å². The zero-order valence-corrected chi connectivity index (χ0v) is 54.4. The number of rotatable bonds is 30. The van der Waals surface area contributed by atoms with Crippen LogP contribution in [0.2, 0.25) is 21.7 Å². The maximum absolute atomic E-state index is 13.8. The lowest BCUT2D eigenvalue weighted by molar-refractivity contribution is -0.164. The molecule has 4 aromatic rings. The molecule has 3 fully saturated rings. The first-order chi connectivity index (χ1) is 39.5. The molecule has 0 saturated carbocycles. The number of ether oxygens (including phenoxy) is 7. The third-order valence-corrected chi connectivity index (χ3v) is 28.4. The summed E-state index contributed by atoms with van der Waals surface area (Å²) in [7, 11) is -3.36. The molecular formula is C71H100O10Si2. The van der Waals surface area contributed by atoms with Crippen LogP contribution >= 0.6 is 0 Å². The molecule has 83 heavy (non-hydrogen) atoms. The molecule has 0 aliphatic carbocycles. The predicted octanol–water partition coefficient (Wildman–Crippen LogP) is 15.5. The number of benzene rings is 4. The zero-order chi connectivity index (χ0) is 59.8. The van der Waals surface area contributed by atoms with Gasteiger partial charge in [-0.25, -0.2) is 4.79 Å². The highest BCUT2D eigenvalue weighted by atomic mass is 28.4. The van der Waals surface area contributed by atoms with E-state index in [1.807, 2.05) is 42.5 Å². The molecule has 7 rings (SSSR count). The maximum atomic E-state index is 13.8. The van der Waals surface area contributed by atoms with E-state index in [0.717, 1.165) is 49.0 Å². The zero-order valence-electron chi connectivity index (χ0n) is 52.4. The van der Waals surface area contributed by atoms with Gasteiger partial charge in [-0.1, -0.05) is 222 Å². The Morgan fingerprint density at radius 1 is 0.675 bits per heavy atom. The summed E-state index contributed by atoms with van der Waals surface area (Å²) in [6, 6.07) is 39.8. The first-order valence-corrected chi connectivity index (χ1v) is 34.7. The van der Waals surface area contributed by atoms with Gasteiger partial charge in [-0.05, 0) is 99.2 Å². The van der Waals surface area contributed by atoms with Crippen LogP contribution in [0.3, 0.4) is 0 Å². The van der Waals surface area contributed by atoms with Crippen LogP contribution in [-0.2, 0) is 55.3 Å². The molecule has 0 unspecified atom stereocenters. The summed E-state index contributed by atoms with van der Waals surface area (Å²) in [4.78, 5) is 13.8. The first kappa shape index (κ1) is 65.8. The summed E-state index contributed by atoms with van der Waals surface area (Å²) in [6.07, 6.45) is 12.4. The minimum atomic E-state index is -2.76. The molecule has 0 aromatic heterocycles. The van der Waals surface area contributed by atoms with Gasteiger partial charge in [0.25, 0.3) is 8.32 Å². The molecule has 3 aliphatic heterocycles. The Labute approximate surface area is 501 Å². The van der Waals surface area contributed by atoms with Crippen molar-refractivity contribution in [1.29, 1.82) is 0 Å². The van der Waals surface area contributed by atoms with Crippen LogP contribution in [0.4, 0.5) is 0 Å². The van der Waals surface area contributed by atoms with Crippen molar-refractivity contribution in [3.63, 3.8) is 0 Å². The average molecular weight is 1170 g/mol. The third-order valence-electron chi connectivity index (χ3n) is 17.3. The molecule has 12 heteroatoms. The molecule has 6 atom stereocenters. The standard InChI is InChI=1S/C71H100O10Si2/c1-52(2)82(53(3)4,54(5)6)78-50-71(49-75-51-74-47-57-24-18-15-19-25-57)46-59(68(72)81-71)34-37-70(12,13)38-35-62-40-55(7)41-64(79-62)45-65-43-56(8)42-63(80-65)44-61(76-48-58-30-32-60(73-14)33-31-58)36-39-77-83(69(9,10)11,66-26-20-16-21-27-66)67-28-22-17-23-29-67/h15-35,38,52-54,61-65H,7-8,36-37,39-51H2,1-6,9-14H3/b38-35+,59-34-/t61-,62-,63-,64-,65+,71+/m0/s1. The number of carbonyl (C=O) groups excluding carboxylic acids is 1. The van der Waals surface area contributed by atoms with Crippen LogP contribution in [0.15, 0.2) is 163 Å². The van der Waals surface area contributed by atoms with Gasteiger partial charge in [-0.3, -0.25) is 0 Å². The second kappa shape index (κ2) is 30.1. The first-order valence-electron chi connectivity index (χ1n) is 30.6. The molecule has 0 spiro atoms. The van der Waals surface area contributed by atoms with Gasteiger partial charge >= 0.3 is 5.97 Å². The summed E-state index contributed by atoms with van der Waals surface area (Å²) in [5.41, 5.74) is 5.08. The fraction of sp³-hybridized carbons (Fsp3) is 0.535. The van der Waals surface area contributed by atoms with E-state index in [1.54, 1.807) is 7.11 Å². The molecule has 0 amide bonds. The largest absolute Gasteiger partial charge is 0.497 e. The van der Waals surface area contributed by atoms with Crippen molar-refractivity contribution in [2.24, 2.45) is 5.41 Å². The van der Waals surface area contributed by atoms with Crippen molar-refractivity contribution < 1.29 is 46.8 Å². The molecule has 10 nitrogen and oxygen atoms in total. The van der Waals surface area contributed by atoms with Crippen molar-refractivity contribution in [1.82, 2.24) is 0 Å². The average Bonchev–Trinajstić information content (AvgIpc) is 3.90. The monoisotopic (exact) mass is 1170 g/mol. The SMILES string of the molecule is C=C1C[C@H](C[C@@H]2CC(=C)C[C@H](/C=C/C(C)(C)C/C=C3/C[C@@](COCOCc4ccccc4)(CO[Si](C(C)C)(C(C)C)C(C)C)OC3=O)O2)O[C@H](C[C@H](CCO[Si](c2ccccc2)(c2ccccc2)C(C)(C)C)OCc2ccc(OC)cc2)C1. The lowest BCUT2D eigenvalue weighted by atomic mass is 9.86. The molecule has 3 heterocycles. The van der Waals surface area contributed by atoms with Crippen LogP contribution in [0, 0.1) is 5.41 Å². The third kappa shape index (κ3) is 17.9. The number of esters is 1. The molecule has 0 radical (unpaired) electrons. The number of carbonyl (C=O) groups is 1. The number of cyclic esters (lactones) is 1. The fourth-order valence-electron chi connectivity index (χ4n) is 13.2.